The first kappa shape index (κ1) is 19.1. The maximum atomic E-state index is 14.3. The van der Waals surface area contributed by atoms with Crippen LogP contribution in [0.1, 0.15) is 39.0 Å². The van der Waals surface area contributed by atoms with Crippen LogP contribution in [0.25, 0.3) is 0 Å². The van der Waals surface area contributed by atoms with E-state index in [2.05, 4.69) is 4.98 Å². The lowest BCUT2D eigenvalue weighted by Crippen LogP contribution is -2.31. The highest BCUT2D eigenvalue weighted by Crippen LogP contribution is 2.48. The van der Waals surface area contributed by atoms with Gasteiger partial charge in [-0.05, 0) is 22.3 Å². The normalized spacial score (nSPS) is 25.8. The smallest absolute Gasteiger partial charge is 0.289 e. The van der Waals surface area contributed by atoms with Gasteiger partial charge in [-0.2, -0.15) is 4.39 Å². The second kappa shape index (κ2) is 7.63. The predicted octanol–water partition coefficient (Wildman–Crippen LogP) is 6.45. The van der Waals surface area contributed by atoms with Gasteiger partial charge < -0.3 is 0 Å². The van der Waals surface area contributed by atoms with Gasteiger partial charge in [-0.3, -0.25) is 4.57 Å². The molecule has 5 unspecified atom stereocenters. The molecule has 0 N–H and O–H groups in total. The summed E-state index contributed by atoms with van der Waals surface area (Å²) in [5.74, 6) is 0. The van der Waals surface area contributed by atoms with Gasteiger partial charge in [0.15, 0.2) is 0 Å². The highest BCUT2D eigenvalue weighted by molar-refractivity contribution is 6.39. The highest BCUT2D eigenvalue weighted by atomic mass is 35.5. The number of fused-ring (bicyclic) bond motifs is 1. The maximum absolute atomic E-state index is 14.3. The molecule has 1 heterocycles. The summed E-state index contributed by atoms with van der Waals surface area (Å²) >= 11 is 25.8. The van der Waals surface area contributed by atoms with Crippen LogP contribution in [0.2, 0.25) is 0 Å². The van der Waals surface area contributed by atoms with Crippen LogP contribution in [0, 0.1) is 6.08 Å². The number of hydrogen-bond acceptors (Lipinski definition) is 1. The van der Waals surface area contributed by atoms with Crippen molar-refractivity contribution in [3.05, 3.63) is 89.3 Å². The molecule has 0 saturated heterocycles. The monoisotopic (exact) mass is 442 g/mol. The number of hydrogen-bond donors (Lipinski definition) is 0. The summed E-state index contributed by atoms with van der Waals surface area (Å²) in [4.78, 5) is 3.74. The van der Waals surface area contributed by atoms with E-state index in [1.54, 1.807) is 6.20 Å². The van der Waals surface area contributed by atoms with Crippen molar-refractivity contribution in [3.8, 4) is 0 Å². The van der Waals surface area contributed by atoms with Crippen LogP contribution in [-0.2, 0) is 0 Å². The molecule has 140 valence electrons. The van der Waals surface area contributed by atoms with Crippen LogP contribution >= 0.6 is 46.4 Å². The molecule has 0 amide bonds. The Labute approximate surface area is 176 Å². The average Bonchev–Trinajstić information content (AvgIpc) is 3.11. The fraction of sp³-hybridized carbons (Fsp3) is 0.250. The largest absolute Gasteiger partial charge is 0.296 e. The van der Waals surface area contributed by atoms with Gasteiger partial charge in [-0.25, -0.2) is 4.98 Å². The van der Waals surface area contributed by atoms with E-state index in [0.29, 0.717) is 0 Å². The van der Waals surface area contributed by atoms with E-state index in [1.165, 1.54) is 10.8 Å². The van der Waals surface area contributed by atoms with Crippen molar-refractivity contribution in [2.75, 3.05) is 0 Å². The molecule has 1 aliphatic carbocycles. The third kappa shape index (κ3) is 3.36. The number of nitrogens with zero attached hydrogens (tertiary/aromatic N) is 2. The van der Waals surface area contributed by atoms with Gasteiger partial charge >= 0.3 is 0 Å². The van der Waals surface area contributed by atoms with Crippen molar-refractivity contribution < 1.29 is 4.39 Å². The van der Waals surface area contributed by atoms with Crippen molar-refractivity contribution in [1.82, 2.24) is 9.55 Å². The molecule has 4 rings (SSSR count). The number of aromatic nitrogens is 2. The van der Waals surface area contributed by atoms with E-state index in [-0.39, 0.29) is 6.04 Å². The second-order valence-electron chi connectivity index (χ2n) is 6.50. The Morgan fingerprint density at radius 3 is 2.15 bits per heavy atom. The van der Waals surface area contributed by atoms with Crippen LogP contribution in [0.4, 0.5) is 4.39 Å². The molecule has 0 spiro atoms. The fourth-order valence-corrected chi connectivity index (χ4v) is 4.97. The summed E-state index contributed by atoms with van der Waals surface area (Å²) in [6.45, 7) is 0. The van der Waals surface area contributed by atoms with Crippen LogP contribution < -0.4 is 0 Å². The molecule has 2 nitrogen and oxygen atoms in total. The van der Waals surface area contributed by atoms with Crippen LogP contribution in [0.3, 0.4) is 0 Å². The second-order valence-corrected chi connectivity index (χ2v) is 8.45. The Hall–Kier alpha value is -1.26. The molecule has 7 heteroatoms. The lowest BCUT2D eigenvalue weighted by molar-refractivity contribution is 0.458. The molecule has 0 aliphatic heterocycles. The lowest BCUT2D eigenvalue weighted by Gasteiger charge is -2.34. The maximum Gasteiger partial charge on any atom is 0.289 e. The molecule has 0 radical (unpaired) electrons. The van der Waals surface area contributed by atoms with Crippen molar-refractivity contribution in [2.24, 2.45) is 0 Å². The molecule has 0 fully saturated rings. The first-order valence-electron chi connectivity index (χ1n) is 8.42. The van der Waals surface area contributed by atoms with Gasteiger partial charge in [0.25, 0.3) is 6.08 Å². The summed E-state index contributed by atoms with van der Waals surface area (Å²) in [6.07, 6.45) is 2.50. The molecule has 27 heavy (non-hydrogen) atoms. The zero-order valence-corrected chi connectivity index (χ0v) is 17.0. The zero-order valence-electron chi connectivity index (χ0n) is 13.9. The predicted molar refractivity (Wildman–Crippen MR) is 109 cm³/mol. The number of imidazole rings is 1. The van der Waals surface area contributed by atoms with Crippen molar-refractivity contribution in [1.29, 1.82) is 0 Å². The Bertz CT molecular complexity index is 946. The van der Waals surface area contributed by atoms with Gasteiger partial charge in [0.2, 0.25) is 0 Å². The van der Waals surface area contributed by atoms with Gasteiger partial charge in [-0.1, -0.05) is 48.5 Å². The van der Waals surface area contributed by atoms with Gasteiger partial charge in [-0.15, -0.1) is 46.4 Å². The summed E-state index contributed by atoms with van der Waals surface area (Å²) < 4.78 is 15.8. The summed E-state index contributed by atoms with van der Waals surface area (Å²) in [6, 6.07) is 15.0. The minimum atomic E-state index is -0.560. The SMILES string of the molecule is Fc1nccn1C(c1ccccc1)c1ccc2c(c1)C(Cl)C(Cl)C(Cl)C2Cl. The lowest BCUT2D eigenvalue weighted by atomic mass is 9.86. The summed E-state index contributed by atoms with van der Waals surface area (Å²) in [5.41, 5.74) is 3.47. The van der Waals surface area contributed by atoms with E-state index < -0.39 is 27.6 Å². The van der Waals surface area contributed by atoms with E-state index in [4.69, 9.17) is 46.4 Å². The third-order valence-corrected chi connectivity index (χ3v) is 7.35. The quantitative estimate of drug-likeness (QED) is 0.425. The van der Waals surface area contributed by atoms with E-state index >= 15 is 0 Å². The van der Waals surface area contributed by atoms with E-state index in [1.807, 2.05) is 48.5 Å². The number of rotatable bonds is 3. The highest BCUT2D eigenvalue weighted by Gasteiger charge is 2.40. The third-order valence-electron chi connectivity index (χ3n) is 4.90. The molecule has 1 aliphatic rings. The standard InChI is InChI=1S/C20H15Cl4FN2/c21-15-13-7-6-12(10-14(13)16(22)18(24)17(15)23)19(11-4-2-1-3-5-11)27-9-8-26-20(27)25/h1-10,15-19H. The van der Waals surface area contributed by atoms with Crippen molar-refractivity contribution in [2.45, 2.75) is 27.6 Å². The van der Waals surface area contributed by atoms with Crippen molar-refractivity contribution >= 4 is 46.4 Å². The molecular formula is C20H15Cl4FN2. The topological polar surface area (TPSA) is 17.8 Å². The first-order chi connectivity index (χ1) is 13.0. The van der Waals surface area contributed by atoms with Crippen molar-refractivity contribution in [3.63, 3.8) is 0 Å². The summed E-state index contributed by atoms with van der Waals surface area (Å²) in [5, 5.41) is -1.89. The van der Waals surface area contributed by atoms with E-state index in [0.717, 1.165) is 22.3 Å². The average molecular weight is 444 g/mol. The molecule has 1 aromatic heterocycles. The Kier molecular flexibility index (Phi) is 5.39. The Morgan fingerprint density at radius 1 is 0.852 bits per heavy atom. The van der Waals surface area contributed by atoms with Crippen LogP contribution in [0.5, 0.6) is 0 Å². The minimum absolute atomic E-state index is 0.390. The Balaban J connectivity index is 1.86. The Morgan fingerprint density at radius 2 is 1.52 bits per heavy atom. The minimum Gasteiger partial charge on any atom is -0.296 e. The number of halogens is 5. The van der Waals surface area contributed by atoms with Gasteiger partial charge in [0, 0.05) is 12.4 Å². The molecule has 0 saturated carbocycles. The molecular weight excluding hydrogens is 429 g/mol. The molecule has 5 atom stereocenters. The molecule has 3 aromatic rings. The number of benzene rings is 2. The molecule has 2 aromatic carbocycles. The fourth-order valence-electron chi connectivity index (χ4n) is 3.56. The van der Waals surface area contributed by atoms with Crippen LogP contribution in [0.15, 0.2) is 60.9 Å². The zero-order chi connectivity index (χ0) is 19.1. The first-order valence-corrected chi connectivity index (χ1v) is 10.2. The number of alkyl halides is 4. The molecule has 0 bridgehead atoms. The van der Waals surface area contributed by atoms with Gasteiger partial charge in [0.05, 0.1) is 27.6 Å². The van der Waals surface area contributed by atoms with Crippen LogP contribution in [-0.4, -0.2) is 20.3 Å². The van der Waals surface area contributed by atoms with E-state index in [9.17, 15) is 4.39 Å². The van der Waals surface area contributed by atoms with Gasteiger partial charge in [0.1, 0.15) is 0 Å². The summed E-state index contributed by atoms with van der Waals surface area (Å²) in [7, 11) is 0.